The van der Waals surface area contributed by atoms with Crippen molar-refractivity contribution in [3.63, 3.8) is 0 Å². The number of aliphatic hydroxyl groups is 1. The number of carbonyl (C=O) groups is 1. The van der Waals surface area contributed by atoms with Crippen LogP contribution >= 0.6 is 0 Å². The summed E-state index contributed by atoms with van der Waals surface area (Å²) in [5.41, 5.74) is 7.03. The molecule has 4 N–H and O–H groups in total. The third-order valence-electron chi connectivity index (χ3n) is 4.14. The molecule has 0 aliphatic carbocycles. The summed E-state index contributed by atoms with van der Waals surface area (Å²) in [7, 11) is 0. The van der Waals surface area contributed by atoms with Crippen molar-refractivity contribution in [2.24, 2.45) is 5.92 Å². The first-order chi connectivity index (χ1) is 9.52. The quantitative estimate of drug-likeness (QED) is 0.725. The van der Waals surface area contributed by atoms with Crippen LogP contribution in [0.3, 0.4) is 0 Å². The van der Waals surface area contributed by atoms with Gasteiger partial charge in [0, 0.05) is 17.4 Å². The van der Waals surface area contributed by atoms with Gasteiger partial charge in [-0.1, -0.05) is 13.0 Å². The standard InChI is InChI=1S/C15H23N3O2/c1-10-6-7-18(14(10)9-19)11(2)15(20)17-13-5-3-4-12(16)8-13/h3-5,8,10-11,14,19H,6-7,9,16H2,1-2H3,(H,17,20). The van der Waals surface area contributed by atoms with Gasteiger partial charge in [0.05, 0.1) is 12.6 Å². The van der Waals surface area contributed by atoms with Crippen LogP contribution in [0.5, 0.6) is 0 Å². The zero-order valence-corrected chi connectivity index (χ0v) is 12.0. The molecule has 3 atom stereocenters. The largest absolute Gasteiger partial charge is 0.399 e. The maximum atomic E-state index is 12.3. The summed E-state index contributed by atoms with van der Waals surface area (Å²) in [5.74, 6) is 0.353. The van der Waals surface area contributed by atoms with Crippen molar-refractivity contribution in [1.29, 1.82) is 0 Å². The Hall–Kier alpha value is -1.59. The van der Waals surface area contributed by atoms with E-state index in [9.17, 15) is 9.90 Å². The highest BCUT2D eigenvalue weighted by molar-refractivity contribution is 5.94. The summed E-state index contributed by atoms with van der Waals surface area (Å²) >= 11 is 0. The monoisotopic (exact) mass is 277 g/mol. The van der Waals surface area contributed by atoms with E-state index < -0.39 is 0 Å². The van der Waals surface area contributed by atoms with Crippen molar-refractivity contribution >= 4 is 17.3 Å². The highest BCUT2D eigenvalue weighted by Gasteiger charge is 2.36. The van der Waals surface area contributed by atoms with Crippen LogP contribution in [0.15, 0.2) is 24.3 Å². The fourth-order valence-corrected chi connectivity index (χ4v) is 2.82. The van der Waals surface area contributed by atoms with Crippen LogP contribution in [-0.2, 0) is 4.79 Å². The highest BCUT2D eigenvalue weighted by atomic mass is 16.3. The molecule has 1 amide bonds. The zero-order valence-electron chi connectivity index (χ0n) is 12.0. The van der Waals surface area contributed by atoms with Gasteiger partial charge >= 0.3 is 0 Å². The summed E-state index contributed by atoms with van der Waals surface area (Å²) < 4.78 is 0. The fourth-order valence-electron chi connectivity index (χ4n) is 2.82. The molecule has 20 heavy (non-hydrogen) atoms. The number of carbonyl (C=O) groups excluding carboxylic acids is 1. The topological polar surface area (TPSA) is 78.6 Å². The van der Waals surface area contributed by atoms with Gasteiger partial charge in [-0.05, 0) is 44.0 Å². The summed E-state index contributed by atoms with van der Waals surface area (Å²) in [6.45, 7) is 4.93. The van der Waals surface area contributed by atoms with Gasteiger partial charge in [-0.2, -0.15) is 0 Å². The molecule has 0 radical (unpaired) electrons. The summed E-state index contributed by atoms with van der Waals surface area (Å²) in [6, 6.07) is 6.94. The number of amides is 1. The second kappa shape index (κ2) is 6.24. The molecule has 0 bridgehead atoms. The number of hydrogen-bond donors (Lipinski definition) is 3. The molecule has 0 saturated carbocycles. The summed E-state index contributed by atoms with van der Waals surface area (Å²) in [6.07, 6.45) is 1.02. The Labute approximate surface area is 119 Å². The van der Waals surface area contributed by atoms with E-state index in [0.29, 0.717) is 17.3 Å². The third kappa shape index (κ3) is 3.11. The Kier molecular flexibility index (Phi) is 4.62. The SMILES string of the molecule is CC1CCN(C(C)C(=O)Nc2cccc(N)c2)C1CO. The molecular weight excluding hydrogens is 254 g/mol. The molecule has 1 aliphatic rings. The lowest BCUT2D eigenvalue weighted by Gasteiger charge is -2.30. The lowest BCUT2D eigenvalue weighted by molar-refractivity contribution is -0.121. The molecule has 0 spiro atoms. The number of anilines is 2. The molecule has 1 aromatic carbocycles. The molecule has 1 fully saturated rings. The van der Waals surface area contributed by atoms with Crippen molar-refractivity contribution < 1.29 is 9.90 Å². The number of benzene rings is 1. The second-order valence-electron chi connectivity index (χ2n) is 5.54. The molecule has 5 nitrogen and oxygen atoms in total. The Morgan fingerprint density at radius 2 is 2.35 bits per heavy atom. The van der Waals surface area contributed by atoms with Crippen molar-refractivity contribution in [3.8, 4) is 0 Å². The van der Waals surface area contributed by atoms with Gasteiger partial charge in [-0.15, -0.1) is 0 Å². The van der Waals surface area contributed by atoms with E-state index >= 15 is 0 Å². The van der Waals surface area contributed by atoms with E-state index in [1.165, 1.54) is 0 Å². The average Bonchev–Trinajstić information content (AvgIpc) is 2.78. The van der Waals surface area contributed by atoms with Crippen molar-refractivity contribution in [2.45, 2.75) is 32.4 Å². The molecule has 1 heterocycles. The van der Waals surface area contributed by atoms with E-state index in [-0.39, 0.29) is 24.6 Å². The molecule has 5 heteroatoms. The number of nitrogens with zero attached hydrogens (tertiary/aromatic N) is 1. The van der Waals surface area contributed by atoms with Gasteiger partial charge < -0.3 is 16.2 Å². The minimum Gasteiger partial charge on any atom is -0.399 e. The number of likely N-dealkylation sites (tertiary alicyclic amines) is 1. The first kappa shape index (κ1) is 14.8. The molecule has 0 aromatic heterocycles. The van der Waals surface area contributed by atoms with Crippen LogP contribution in [0.25, 0.3) is 0 Å². The molecule has 1 aromatic rings. The predicted molar refractivity (Wildman–Crippen MR) is 80.3 cm³/mol. The van der Waals surface area contributed by atoms with Gasteiger partial charge in [-0.3, -0.25) is 9.69 Å². The van der Waals surface area contributed by atoms with E-state index in [4.69, 9.17) is 5.73 Å². The van der Waals surface area contributed by atoms with E-state index in [0.717, 1.165) is 13.0 Å². The highest BCUT2D eigenvalue weighted by Crippen LogP contribution is 2.26. The van der Waals surface area contributed by atoms with Gasteiger partial charge in [0.15, 0.2) is 0 Å². The maximum Gasteiger partial charge on any atom is 0.241 e. The number of hydrogen-bond acceptors (Lipinski definition) is 4. The Balaban J connectivity index is 2.02. The van der Waals surface area contributed by atoms with Crippen molar-refractivity contribution in [3.05, 3.63) is 24.3 Å². The number of nitrogen functional groups attached to an aromatic ring is 1. The van der Waals surface area contributed by atoms with E-state index in [1.807, 2.05) is 19.1 Å². The smallest absolute Gasteiger partial charge is 0.241 e. The van der Waals surface area contributed by atoms with E-state index in [1.54, 1.807) is 12.1 Å². The zero-order chi connectivity index (χ0) is 14.7. The number of aliphatic hydroxyl groups excluding tert-OH is 1. The van der Waals surface area contributed by atoms with Crippen molar-refractivity contribution in [1.82, 2.24) is 4.90 Å². The van der Waals surface area contributed by atoms with Gasteiger partial charge in [0.1, 0.15) is 0 Å². The van der Waals surface area contributed by atoms with E-state index in [2.05, 4.69) is 17.1 Å². The summed E-state index contributed by atoms with van der Waals surface area (Å²) in [5, 5.41) is 12.4. The molecular formula is C15H23N3O2. The maximum absolute atomic E-state index is 12.3. The Bertz CT molecular complexity index is 478. The minimum atomic E-state index is -0.265. The fraction of sp³-hybridized carbons (Fsp3) is 0.533. The Morgan fingerprint density at radius 1 is 1.60 bits per heavy atom. The number of rotatable bonds is 4. The second-order valence-corrected chi connectivity index (χ2v) is 5.54. The number of nitrogens with two attached hydrogens (primary N) is 1. The molecule has 110 valence electrons. The van der Waals surface area contributed by atoms with Crippen LogP contribution in [0, 0.1) is 5.92 Å². The Morgan fingerprint density at radius 3 is 3.00 bits per heavy atom. The van der Waals surface area contributed by atoms with Crippen LogP contribution in [0.4, 0.5) is 11.4 Å². The van der Waals surface area contributed by atoms with Crippen LogP contribution in [-0.4, -0.2) is 41.1 Å². The molecule has 3 unspecified atom stereocenters. The van der Waals surface area contributed by atoms with Gasteiger partial charge in [-0.25, -0.2) is 0 Å². The minimum absolute atomic E-state index is 0.0663. The lowest BCUT2D eigenvalue weighted by atomic mass is 10.0. The van der Waals surface area contributed by atoms with Crippen LogP contribution in [0.1, 0.15) is 20.3 Å². The van der Waals surface area contributed by atoms with Crippen LogP contribution < -0.4 is 11.1 Å². The summed E-state index contributed by atoms with van der Waals surface area (Å²) in [4.78, 5) is 14.4. The molecule has 1 aliphatic heterocycles. The van der Waals surface area contributed by atoms with Gasteiger partial charge in [0.25, 0.3) is 0 Å². The first-order valence-electron chi connectivity index (χ1n) is 7.06. The van der Waals surface area contributed by atoms with Gasteiger partial charge in [0.2, 0.25) is 5.91 Å². The lowest BCUT2D eigenvalue weighted by Crippen LogP contribution is -2.47. The van der Waals surface area contributed by atoms with Crippen LogP contribution in [0.2, 0.25) is 0 Å². The molecule has 2 rings (SSSR count). The predicted octanol–water partition coefficient (Wildman–Crippen LogP) is 1.30. The first-order valence-corrected chi connectivity index (χ1v) is 7.06. The van der Waals surface area contributed by atoms with Crippen molar-refractivity contribution in [2.75, 3.05) is 24.2 Å². The third-order valence-corrected chi connectivity index (χ3v) is 4.14. The normalized spacial score (nSPS) is 24.6. The number of nitrogens with one attached hydrogen (secondary N) is 1. The molecule has 1 saturated heterocycles. The average molecular weight is 277 g/mol.